The van der Waals surface area contributed by atoms with E-state index in [9.17, 15) is 19.2 Å². The maximum absolute atomic E-state index is 10.4. The van der Waals surface area contributed by atoms with E-state index in [1.165, 1.54) is 36.4 Å². The van der Waals surface area contributed by atoms with Crippen molar-refractivity contribution in [1.29, 1.82) is 0 Å². The van der Waals surface area contributed by atoms with Gasteiger partial charge in [0, 0.05) is 0 Å². The number of nitrogens with two attached hydrogens (primary N) is 3. The van der Waals surface area contributed by atoms with Crippen LogP contribution in [0, 0.1) is 0 Å². The first-order valence-corrected chi connectivity index (χ1v) is 9.45. The van der Waals surface area contributed by atoms with Crippen LogP contribution in [0.3, 0.4) is 0 Å². The molecule has 9 N–H and O–H groups in total. The number of phenols is 1. The fraction of sp³-hybridized carbons (Fsp3) is 0.333. The predicted molar refractivity (Wildman–Crippen MR) is 114 cm³/mol. The first-order chi connectivity index (χ1) is 14.6. The van der Waals surface area contributed by atoms with Gasteiger partial charge in [-0.05, 0) is 67.8 Å². The lowest BCUT2D eigenvalue weighted by Gasteiger charge is -2.05. The van der Waals surface area contributed by atoms with Gasteiger partial charge in [0.1, 0.15) is 17.8 Å². The molecule has 0 radical (unpaired) electrons. The standard InChI is InChI=1S/C9H11NO3.C6H14N2O2.C6H4O2/c10-8(9(12)13)5-6-1-3-7(11)4-2-6;7-4-2-1-3-5(8)6(9)10;7-5-1-2-6(8)4-3-5/h1-4,8,11H,5,10H2,(H,12,13);5H,1-4,7-8H2,(H,9,10);1-4H. The van der Waals surface area contributed by atoms with Crippen molar-refractivity contribution >= 4 is 23.5 Å². The number of benzene rings is 1. The number of carboxylic acid groups (broad SMARTS) is 2. The fourth-order valence-electron chi connectivity index (χ4n) is 2.04. The van der Waals surface area contributed by atoms with E-state index in [1.54, 1.807) is 12.1 Å². The van der Waals surface area contributed by atoms with Crippen LogP contribution in [-0.2, 0) is 25.6 Å². The number of aromatic hydroxyl groups is 1. The van der Waals surface area contributed by atoms with E-state index in [-0.39, 0.29) is 23.7 Å². The van der Waals surface area contributed by atoms with Gasteiger partial charge in [-0.3, -0.25) is 19.2 Å². The normalized spacial score (nSPS) is 13.9. The third-order valence-corrected chi connectivity index (χ3v) is 3.82. The van der Waals surface area contributed by atoms with E-state index in [4.69, 9.17) is 32.5 Å². The lowest BCUT2D eigenvalue weighted by atomic mass is 10.1. The van der Waals surface area contributed by atoms with Gasteiger partial charge in [0.15, 0.2) is 11.6 Å². The number of carboxylic acids is 2. The minimum absolute atomic E-state index is 0.121. The second-order valence-electron chi connectivity index (χ2n) is 6.52. The van der Waals surface area contributed by atoms with Crippen molar-refractivity contribution in [3.05, 3.63) is 54.1 Å². The predicted octanol–water partition coefficient (Wildman–Crippen LogP) is 0.125. The number of hydrogen-bond acceptors (Lipinski definition) is 8. The van der Waals surface area contributed by atoms with Gasteiger partial charge >= 0.3 is 11.9 Å². The summed E-state index contributed by atoms with van der Waals surface area (Å²) >= 11 is 0. The molecule has 2 unspecified atom stereocenters. The third kappa shape index (κ3) is 14.3. The molecule has 1 aromatic carbocycles. The largest absolute Gasteiger partial charge is 0.508 e. The molecule has 2 atom stereocenters. The van der Waals surface area contributed by atoms with Crippen LogP contribution >= 0.6 is 0 Å². The molecule has 170 valence electrons. The van der Waals surface area contributed by atoms with Crippen LogP contribution in [0.15, 0.2) is 48.6 Å². The summed E-state index contributed by atoms with van der Waals surface area (Å²) in [6, 6.07) is 4.71. The molecule has 0 saturated carbocycles. The highest BCUT2D eigenvalue weighted by Crippen LogP contribution is 2.10. The maximum Gasteiger partial charge on any atom is 0.320 e. The second kappa shape index (κ2) is 15.5. The Bertz CT molecular complexity index is 751. The van der Waals surface area contributed by atoms with E-state index in [0.29, 0.717) is 13.0 Å². The highest BCUT2D eigenvalue weighted by molar-refractivity contribution is 6.14. The summed E-state index contributed by atoms with van der Waals surface area (Å²) in [4.78, 5) is 41.1. The van der Waals surface area contributed by atoms with Crippen LogP contribution in [0.1, 0.15) is 24.8 Å². The van der Waals surface area contributed by atoms with Gasteiger partial charge in [-0.1, -0.05) is 18.6 Å². The zero-order chi connectivity index (χ0) is 23.8. The number of unbranched alkanes of at least 4 members (excludes halogenated alkanes) is 1. The number of allylic oxidation sites excluding steroid dienone is 4. The SMILES string of the molecule is NC(Cc1ccc(O)cc1)C(=O)O.NCCCCC(N)C(=O)O.O=C1C=CC(=O)C=C1. The van der Waals surface area contributed by atoms with Crippen LogP contribution in [0.25, 0.3) is 0 Å². The Labute approximate surface area is 180 Å². The molecular formula is C21H29N3O7. The van der Waals surface area contributed by atoms with Crippen molar-refractivity contribution in [3.8, 4) is 5.75 Å². The van der Waals surface area contributed by atoms with Crippen LogP contribution in [0.4, 0.5) is 0 Å². The quantitative estimate of drug-likeness (QED) is 0.240. The van der Waals surface area contributed by atoms with Gasteiger partial charge in [0.2, 0.25) is 0 Å². The molecule has 0 saturated heterocycles. The number of rotatable bonds is 8. The average Bonchev–Trinajstić information content (AvgIpc) is 2.72. The summed E-state index contributed by atoms with van der Waals surface area (Å²) in [6.45, 7) is 0.604. The molecule has 0 aromatic heterocycles. The van der Waals surface area contributed by atoms with E-state index in [1.807, 2.05) is 0 Å². The van der Waals surface area contributed by atoms with E-state index in [0.717, 1.165) is 18.4 Å². The number of hydrogen-bond donors (Lipinski definition) is 6. The lowest BCUT2D eigenvalue weighted by molar-refractivity contribution is -0.139. The molecule has 0 aliphatic heterocycles. The molecule has 0 amide bonds. The fourth-order valence-corrected chi connectivity index (χ4v) is 2.04. The third-order valence-electron chi connectivity index (χ3n) is 3.82. The molecular weight excluding hydrogens is 406 g/mol. The molecule has 1 aliphatic carbocycles. The van der Waals surface area contributed by atoms with E-state index >= 15 is 0 Å². The topological polar surface area (TPSA) is 207 Å². The van der Waals surface area contributed by atoms with E-state index < -0.39 is 24.0 Å². The maximum atomic E-state index is 10.4. The second-order valence-corrected chi connectivity index (χ2v) is 6.52. The number of carbonyl (C=O) groups excluding carboxylic acids is 2. The van der Waals surface area contributed by atoms with Gasteiger partial charge in [-0.15, -0.1) is 0 Å². The van der Waals surface area contributed by atoms with Crippen molar-refractivity contribution in [1.82, 2.24) is 0 Å². The first-order valence-electron chi connectivity index (χ1n) is 9.45. The molecule has 10 nitrogen and oxygen atoms in total. The summed E-state index contributed by atoms with van der Waals surface area (Å²) in [5, 5.41) is 25.8. The molecule has 0 heterocycles. The summed E-state index contributed by atoms with van der Waals surface area (Å²) in [7, 11) is 0. The minimum Gasteiger partial charge on any atom is -0.508 e. The monoisotopic (exact) mass is 435 g/mol. The Hall–Kier alpha value is -3.34. The zero-order valence-corrected chi connectivity index (χ0v) is 17.0. The van der Waals surface area contributed by atoms with Crippen molar-refractivity contribution in [3.63, 3.8) is 0 Å². The molecule has 0 spiro atoms. The smallest absolute Gasteiger partial charge is 0.320 e. The lowest BCUT2D eigenvalue weighted by Crippen LogP contribution is -2.32. The summed E-state index contributed by atoms with van der Waals surface area (Å²) in [5.41, 5.74) is 16.5. The Morgan fingerprint density at radius 3 is 1.65 bits per heavy atom. The Morgan fingerprint density at radius 2 is 1.26 bits per heavy atom. The van der Waals surface area contributed by atoms with Gasteiger partial charge < -0.3 is 32.5 Å². The van der Waals surface area contributed by atoms with Crippen molar-refractivity contribution < 1.29 is 34.5 Å². The van der Waals surface area contributed by atoms with Crippen LogP contribution < -0.4 is 17.2 Å². The van der Waals surface area contributed by atoms with Crippen molar-refractivity contribution in [2.24, 2.45) is 17.2 Å². The van der Waals surface area contributed by atoms with Crippen LogP contribution in [0.2, 0.25) is 0 Å². The number of carbonyl (C=O) groups is 4. The molecule has 10 heteroatoms. The highest BCUT2D eigenvalue weighted by Gasteiger charge is 2.11. The molecule has 31 heavy (non-hydrogen) atoms. The van der Waals surface area contributed by atoms with Gasteiger partial charge in [0.05, 0.1) is 0 Å². The Kier molecular flexibility index (Phi) is 13.8. The molecule has 0 bridgehead atoms. The van der Waals surface area contributed by atoms with Crippen molar-refractivity contribution in [2.45, 2.75) is 37.8 Å². The number of aliphatic carboxylic acids is 2. The molecule has 2 rings (SSSR count). The Balaban J connectivity index is 0.000000450. The van der Waals surface area contributed by atoms with Crippen molar-refractivity contribution in [2.75, 3.05) is 6.54 Å². The summed E-state index contributed by atoms with van der Waals surface area (Å²) in [5.74, 6) is -2.04. The first kappa shape index (κ1) is 27.7. The van der Waals surface area contributed by atoms with Gasteiger partial charge in [0.25, 0.3) is 0 Å². The minimum atomic E-state index is -1.02. The summed E-state index contributed by atoms with van der Waals surface area (Å²) in [6.07, 6.45) is 7.45. The van der Waals surface area contributed by atoms with E-state index in [2.05, 4.69) is 0 Å². The number of ketones is 2. The number of phenolic OH excluding ortho intramolecular Hbond substituents is 1. The van der Waals surface area contributed by atoms with Gasteiger partial charge in [-0.2, -0.15) is 0 Å². The summed E-state index contributed by atoms with van der Waals surface area (Å²) < 4.78 is 0. The highest BCUT2D eigenvalue weighted by atomic mass is 16.4. The zero-order valence-electron chi connectivity index (χ0n) is 17.0. The van der Waals surface area contributed by atoms with Gasteiger partial charge in [-0.25, -0.2) is 0 Å². The molecule has 1 aliphatic rings. The van der Waals surface area contributed by atoms with Crippen LogP contribution in [-0.4, -0.2) is 57.5 Å². The molecule has 1 aromatic rings. The molecule has 0 fully saturated rings. The Morgan fingerprint density at radius 1 is 0.806 bits per heavy atom. The average molecular weight is 435 g/mol. The van der Waals surface area contributed by atoms with Crippen LogP contribution in [0.5, 0.6) is 5.75 Å².